The average molecular weight is 288 g/mol. The minimum atomic E-state index is -0.323. The summed E-state index contributed by atoms with van der Waals surface area (Å²) in [5.74, 6) is 0.468. The third kappa shape index (κ3) is 4.49. The first kappa shape index (κ1) is 14.8. The highest BCUT2D eigenvalue weighted by Gasteiger charge is 2.03. The zero-order chi connectivity index (χ0) is 15.1. The van der Waals surface area contributed by atoms with Crippen molar-refractivity contribution in [3.05, 3.63) is 59.9 Å². The molecule has 21 heavy (non-hydrogen) atoms. The van der Waals surface area contributed by atoms with Gasteiger partial charge < -0.3 is 15.4 Å². The van der Waals surface area contributed by atoms with Crippen molar-refractivity contribution < 1.29 is 13.9 Å². The number of carbonyl (C=O) groups excluding carboxylic acids is 1. The van der Waals surface area contributed by atoms with E-state index in [0.717, 1.165) is 5.75 Å². The minimum Gasteiger partial charge on any atom is -0.497 e. The van der Waals surface area contributed by atoms with Gasteiger partial charge in [-0.3, -0.25) is 0 Å². The van der Waals surface area contributed by atoms with E-state index in [9.17, 15) is 9.18 Å². The van der Waals surface area contributed by atoms with Gasteiger partial charge in [-0.25, -0.2) is 9.18 Å². The molecule has 0 saturated heterocycles. The monoisotopic (exact) mass is 288 g/mol. The van der Waals surface area contributed by atoms with Crippen molar-refractivity contribution in [1.29, 1.82) is 0 Å². The van der Waals surface area contributed by atoms with Gasteiger partial charge in [-0.05, 0) is 42.3 Å². The first-order valence-electron chi connectivity index (χ1n) is 6.61. The van der Waals surface area contributed by atoms with Crippen molar-refractivity contribution in [3.8, 4) is 5.75 Å². The summed E-state index contributed by atoms with van der Waals surface area (Å²) in [5.41, 5.74) is 1.25. The molecule has 0 heterocycles. The smallest absolute Gasteiger partial charge is 0.319 e. The zero-order valence-electron chi connectivity index (χ0n) is 11.7. The number of hydrogen-bond acceptors (Lipinski definition) is 2. The molecule has 0 aromatic heterocycles. The van der Waals surface area contributed by atoms with E-state index in [1.807, 2.05) is 0 Å². The minimum absolute atomic E-state index is 0.255. The molecule has 2 aromatic rings. The van der Waals surface area contributed by atoms with Crippen LogP contribution in [0.1, 0.15) is 5.56 Å². The van der Waals surface area contributed by atoms with Crippen LogP contribution in [0.3, 0.4) is 0 Å². The molecule has 4 nitrogen and oxygen atoms in total. The predicted octanol–water partition coefficient (Wildman–Crippen LogP) is 3.20. The van der Waals surface area contributed by atoms with Crippen LogP contribution in [0.15, 0.2) is 48.5 Å². The number of urea groups is 1. The highest BCUT2D eigenvalue weighted by molar-refractivity contribution is 5.89. The van der Waals surface area contributed by atoms with Crippen LogP contribution in [0.25, 0.3) is 0 Å². The van der Waals surface area contributed by atoms with Crippen LogP contribution in [0, 0.1) is 5.82 Å². The Kier molecular flexibility index (Phi) is 5.15. The van der Waals surface area contributed by atoms with E-state index in [2.05, 4.69) is 10.6 Å². The molecule has 0 aliphatic rings. The van der Waals surface area contributed by atoms with Crippen molar-refractivity contribution in [3.63, 3.8) is 0 Å². The molecule has 0 atom stereocenters. The average Bonchev–Trinajstić information content (AvgIpc) is 2.50. The Morgan fingerprint density at radius 1 is 1.14 bits per heavy atom. The van der Waals surface area contributed by atoms with Crippen LogP contribution in [0.4, 0.5) is 14.9 Å². The number of carbonyl (C=O) groups is 1. The van der Waals surface area contributed by atoms with Crippen molar-refractivity contribution in [2.45, 2.75) is 6.42 Å². The summed E-state index contributed by atoms with van der Waals surface area (Å²) >= 11 is 0. The molecule has 0 bridgehead atoms. The number of rotatable bonds is 5. The van der Waals surface area contributed by atoms with E-state index in [1.54, 1.807) is 49.6 Å². The summed E-state index contributed by atoms with van der Waals surface area (Å²) < 4.78 is 18.4. The van der Waals surface area contributed by atoms with E-state index in [1.165, 1.54) is 6.07 Å². The molecule has 0 unspecified atom stereocenters. The Labute approximate surface area is 122 Å². The Morgan fingerprint density at radius 3 is 2.52 bits per heavy atom. The third-order valence-corrected chi connectivity index (χ3v) is 2.99. The molecule has 0 spiro atoms. The van der Waals surface area contributed by atoms with E-state index in [4.69, 9.17) is 4.74 Å². The number of nitrogens with one attached hydrogen (secondary N) is 2. The molecule has 2 amide bonds. The van der Waals surface area contributed by atoms with Gasteiger partial charge in [-0.15, -0.1) is 0 Å². The Hall–Kier alpha value is -2.56. The van der Waals surface area contributed by atoms with Gasteiger partial charge in [0.1, 0.15) is 11.6 Å². The van der Waals surface area contributed by atoms with E-state index < -0.39 is 0 Å². The Morgan fingerprint density at radius 2 is 1.86 bits per heavy atom. The van der Waals surface area contributed by atoms with Crippen LogP contribution < -0.4 is 15.4 Å². The second-order valence-electron chi connectivity index (χ2n) is 4.45. The van der Waals surface area contributed by atoms with E-state index >= 15 is 0 Å². The topological polar surface area (TPSA) is 50.4 Å². The molecule has 2 aromatic carbocycles. The lowest BCUT2D eigenvalue weighted by atomic mass is 10.1. The van der Waals surface area contributed by atoms with E-state index in [0.29, 0.717) is 24.2 Å². The maximum Gasteiger partial charge on any atom is 0.319 e. The number of hydrogen-bond donors (Lipinski definition) is 2. The SMILES string of the molecule is COc1ccc(NC(=O)NCCc2ccccc2F)cc1. The number of methoxy groups -OCH3 is 1. The lowest BCUT2D eigenvalue weighted by Crippen LogP contribution is -2.30. The molecule has 110 valence electrons. The summed E-state index contributed by atoms with van der Waals surface area (Å²) in [6, 6.07) is 13.2. The maximum atomic E-state index is 13.4. The Balaban J connectivity index is 1.78. The first-order valence-corrected chi connectivity index (χ1v) is 6.61. The van der Waals surface area contributed by atoms with Crippen molar-refractivity contribution >= 4 is 11.7 Å². The van der Waals surface area contributed by atoms with Gasteiger partial charge in [0.25, 0.3) is 0 Å². The fourth-order valence-electron chi connectivity index (χ4n) is 1.86. The highest BCUT2D eigenvalue weighted by Crippen LogP contribution is 2.14. The molecule has 2 N–H and O–H groups in total. The van der Waals surface area contributed by atoms with Gasteiger partial charge in [-0.1, -0.05) is 18.2 Å². The fourth-order valence-corrected chi connectivity index (χ4v) is 1.86. The summed E-state index contributed by atoms with van der Waals surface area (Å²) in [6.07, 6.45) is 0.447. The number of anilines is 1. The number of halogens is 1. The molecule has 0 fully saturated rings. The predicted molar refractivity (Wildman–Crippen MR) is 80.1 cm³/mol. The third-order valence-electron chi connectivity index (χ3n) is 2.99. The molecule has 5 heteroatoms. The van der Waals surface area contributed by atoms with Crippen LogP contribution in [0.5, 0.6) is 5.75 Å². The fraction of sp³-hybridized carbons (Fsp3) is 0.188. The second kappa shape index (κ2) is 7.28. The number of ether oxygens (including phenoxy) is 1. The second-order valence-corrected chi connectivity index (χ2v) is 4.45. The summed E-state index contributed by atoms with van der Waals surface area (Å²) in [6.45, 7) is 0.364. The Bertz CT molecular complexity index is 599. The van der Waals surface area contributed by atoms with Crippen LogP contribution in [-0.4, -0.2) is 19.7 Å². The summed E-state index contributed by atoms with van der Waals surface area (Å²) in [7, 11) is 1.58. The largest absolute Gasteiger partial charge is 0.497 e. The summed E-state index contributed by atoms with van der Waals surface area (Å²) in [5, 5.41) is 5.38. The molecule has 0 radical (unpaired) electrons. The van der Waals surface area contributed by atoms with E-state index in [-0.39, 0.29) is 11.8 Å². The van der Waals surface area contributed by atoms with Crippen LogP contribution in [-0.2, 0) is 6.42 Å². The van der Waals surface area contributed by atoms with Crippen LogP contribution >= 0.6 is 0 Å². The first-order chi connectivity index (χ1) is 10.2. The normalized spacial score (nSPS) is 10.0. The highest BCUT2D eigenvalue weighted by atomic mass is 19.1. The van der Waals surface area contributed by atoms with Gasteiger partial charge in [0.15, 0.2) is 0 Å². The lowest BCUT2D eigenvalue weighted by molar-refractivity contribution is 0.252. The number of amides is 2. The van der Waals surface area contributed by atoms with Gasteiger partial charge in [0, 0.05) is 12.2 Å². The number of benzene rings is 2. The van der Waals surface area contributed by atoms with Gasteiger partial charge in [-0.2, -0.15) is 0 Å². The van der Waals surface area contributed by atoms with Crippen LogP contribution in [0.2, 0.25) is 0 Å². The molecule has 0 aliphatic heterocycles. The molecule has 0 aliphatic carbocycles. The zero-order valence-corrected chi connectivity index (χ0v) is 11.7. The van der Waals surface area contributed by atoms with Crippen molar-refractivity contribution in [1.82, 2.24) is 5.32 Å². The quantitative estimate of drug-likeness (QED) is 0.887. The van der Waals surface area contributed by atoms with Crippen molar-refractivity contribution in [2.75, 3.05) is 19.0 Å². The van der Waals surface area contributed by atoms with Gasteiger partial charge >= 0.3 is 6.03 Å². The van der Waals surface area contributed by atoms with Gasteiger partial charge in [0.2, 0.25) is 0 Å². The maximum absolute atomic E-state index is 13.4. The molecular formula is C16H17FN2O2. The lowest BCUT2D eigenvalue weighted by Gasteiger charge is -2.08. The van der Waals surface area contributed by atoms with Crippen molar-refractivity contribution in [2.24, 2.45) is 0 Å². The molecular weight excluding hydrogens is 271 g/mol. The summed E-state index contributed by atoms with van der Waals surface area (Å²) in [4.78, 5) is 11.7. The van der Waals surface area contributed by atoms with Gasteiger partial charge in [0.05, 0.1) is 7.11 Å². The molecule has 2 rings (SSSR count). The standard InChI is InChI=1S/C16H17FN2O2/c1-21-14-8-6-13(7-9-14)19-16(20)18-11-10-12-4-2-3-5-15(12)17/h2-9H,10-11H2,1H3,(H2,18,19,20). The molecule has 0 saturated carbocycles.